The van der Waals surface area contributed by atoms with Crippen LogP contribution < -0.4 is 4.74 Å². The van der Waals surface area contributed by atoms with Crippen molar-refractivity contribution in [3.05, 3.63) is 65.2 Å². The summed E-state index contributed by atoms with van der Waals surface area (Å²) in [6.45, 7) is 5.97. The van der Waals surface area contributed by atoms with Crippen LogP contribution in [0.15, 0.2) is 48.5 Å². The third-order valence-corrected chi connectivity index (χ3v) is 3.26. The molecule has 0 saturated carbocycles. The minimum atomic E-state index is -0.383. The van der Waals surface area contributed by atoms with E-state index < -0.39 is 0 Å². The van der Waals surface area contributed by atoms with Crippen LogP contribution in [0.1, 0.15) is 47.1 Å². The van der Waals surface area contributed by atoms with Gasteiger partial charge in [0.15, 0.2) is 0 Å². The van der Waals surface area contributed by atoms with E-state index in [0.717, 1.165) is 5.56 Å². The minimum Gasteiger partial charge on any atom is -0.489 e. The quantitative estimate of drug-likeness (QED) is 0.712. The first kappa shape index (κ1) is 18.5. The molecule has 2 rings (SSSR count). The van der Waals surface area contributed by atoms with E-state index in [2.05, 4.69) is 0 Å². The van der Waals surface area contributed by atoms with Crippen LogP contribution in [0.2, 0.25) is 0 Å². The lowest BCUT2D eigenvalue weighted by Gasteiger charge is -2.10. The number of benzene rings is 2. The van der Waals surface area contributed by atoms with Crippen LogP contribution >= 0.6 is 0 Å². The molecule has 0 fully saturated rings. The van der Waals surface area contributed by atoms with Gasteiger partial charge in [0, 0.05) is 0 Å². The maximum absolute atomic E-state index is 11.9. The van der Waals surface area contributed by atoms with Gasteiger partial charge in [0.1, 0.15) is 12.4 Å². The van der Waals surface area contributed by atoms with Crippen LogP contribution in [0.5, 0.6) is 5.75 Å². The van der Waals surface area contributed by atoms with Gasteiger partial charge in [-0.2, -0.15) is 0 Å². The van der Waals surface area contributed by atoms with Gasteiger partial charge in [-0.25, -0.2) is 9.59 Å². The molecule has 132 valence electrons. The summed E-state index contributed by atoms with van der Waals surface area (Å²) in [6, 6.07) is 13.9. The van der Waals surface area contributed by atoms with Gasteiger partial charge in [-0.1, -0.05) is 18.2 Å². The zero-order valence-corrected chi connectivity index (χ0v) is 14.7. The predicted octanol–water partition coefficient (Wildman–Crippen LogP) is 4.01. The maximum Gasteiger partial charge on any atom is 0.338 e. The van der Waals surface area contributed by atoms with Crippen LogP contribution in [-0.2, 0) is 16.1 Å². The van der Waals surface area contributed by atoms with E-state index in [0.29, 0.717) is 23.5 Å². The Morgan fingerprint density at radius 2 is 1.64 bits per heavy atom. The monoisotopic (exact) mass is 342 g/mol. The van der Waals surface area contributed by atoms with Crippen LogP contribution in [0.3, 0.4) is 0 Å². The molecule has 0 aliphatic carbocycles. The average Bonchev–Trinajstić information content (AvgIpc) is 2.60. The Morgan fingerprint density at radius 3 is 2.32 bits per heavy atom. The van der Waals surface area contributed by atoms with E-state index >= 15 is 0 Å². The van der Waals surface area contributed by atoms with Gasteiger partial charge in [-0.05, 0) is 56.7 Å². The maximum atomic E-state index is 11.9. The summed E-state index contributed by atoms with van der Waals surface area (Å²) in [5.41, 5.74) is 1.75. The van der Waals surface area contributed by atoms with Crippen molar-refractivity contribution in [1.82, 2.24) is 0 Å². The summed E-state index contributed by atoms with van der Waals surface area (Å²) < 4.78 is 15.9. The molecule has 0 bridgehead atoms. The molecule has 0 aliphatic rings. The number of carbonyl (C=O) groups excluding carboxylic acids is 2. The van der Waals surface area contributed by atoms with Gasteiger partial charge in [0.05, 0.1) is 23.8 Å². The van der Waals surface area contributed by atoms with E-state index in [1.165, 1.54) is 0 Å². The summed E-state index contributed by atoms with van der Waals surface area (Å²) in [5.74, 6) is -0.187. The summed E-state index contributed by atoms with van der Waals surface area (Å²) in [4.78, 5) is 23.7. The molecule has 25 heavy (non-hydrogen) atoms. The number of ether oxygens (including phenoxy) is 3. The first-order valence-corrected chi connectivity index (χ1v) is 8.19. The molecule has 0 unspecified atom stereocenters. The SMILES string of the molecule is CCOC(=O)c1cccc(OCc2cccc(C(=O)OC(C)C)c2)c1. The molecule has 0 spiro atoms. The number of esters is 2. The topological polar surface area (TPSA) is 61.8 Å². The van der Waals surface area contributed by atoms with Gasteiger partial charge in [0.25, 0.3) is 0 Å². The average molecular weight is 342 g/mol. The van der Waals surface area contributed by atoms with E-state index in [1.807, 2.05) is 6.07 Å². The first-order valence-electron chi connectivity index (χ1n) is 8.19. The van der Waals surface area contributed by atoms with Crippen LogP contribution in [-0.4, -0.2) is 24.6 Å². The Morgan fingerprint density at radius 1 is 0.960 bits per heavy atom. The zero-order valence-electron chi connectivity index (χ0n) is 14.7. The van der Waals surface area contributed by atoms with Gasteiger partial charge in [0.2, 0.25) is 0 Å². The Kier molecular flexibility index (Phi) is 6.57. The molecule has 0 heterocycles. The van der Waals surface area contributed by atoms with Crippen molar-refractivity contribution in [2.45, 2.75) is 33.5 Å². The molecular weight excluding hydrogens is 320 g/mol. The van der Waals surface area contributed by atoms with Crippen LogP contribution in [0, 0.1) is 0 Å². The molecule has 0 aliphatic heterocycles. The lowest BCUT2D eigenvalue weighted by atomic mass is 10.1. The number of rotatable bonds is 7. The lowest BCUT2D eigenvalue weighted by molar-refractivity contribution is 0.0377. The minimum absolute atomic E-state index is 0.168. The van der Waals surface area contributed by atoms with Crippen molar-refractivity contribution in [1.29, 1.82) is 0 Å². The largest absolute Gasteiger partial charge is 0.489 e. The smallest absolute Gasteiger partial charge is 0.338 e. The summed E-state index contributed by atoms with van der Waals surface area (Å²) in [7, 11) is 0. The van der Waals surface area contributed by atoms with Crippen molar-refractivity contribution in [2.24, 2.45) is 0 Å². The van der Waals surface area contributed by atoms with Gasteiger partial charge in [-0.3, -0.25) is 0 Å². The standard InChI is InChI=1S/C20H22O5/c1-4-23-19(21)17-9-6-10-18(12-17)24-13-15-7-5-8-16(11-15)20(22)25-14(2)3/h5-12,14H,4,13H2,1-3H3. The molecule has 0 radical (unpaired) electrons. The second-order valence-electron chi connectivity index (χ2n) is 5.69. The molecule has 2 aromatic rings. The van der Waals surface area contributed by atoms with Crippen molar-refractivity contribution in [2.75, 3.05) is 6.61 Å². The third-order valence-electron chi connectivity index (χ3n) is 3.26. The molecule has 5 nitrogen and oxygen atoms in total. The molecule has 0 atom stereocenters. The fourth-order valence-electron chi connectivity index (χ4n) is 2.16. The van der Waals surface area contributed by atoms with Gasteiger partial charge in [-0.15, -0.1) is 0 Å². The Hall–Kier alpha value is -2.82. The number of hydrogen-bond donors (Lipinski definition) is 0. The second-order valence-corrected chi connectivity index (χ2v) is 5.69. The summed E-state index contributed by atoms with van der Waals surface area (Å²) in [5, 5.41) is 0. The van der Waals surface area contributed by atoms with Crippen LogP contribution in [0.4, 0.5) is 0 Å². The highest BCUT2D eigenvalue weighted by Gasteiger charge is 2.10. The second kappa shape index (κ2) is 8.87. The number of carbonyl (C=O) groups is 2. The predicted molar refractivity (Wildman–Crippen MR) is 93.7 cm³/mol. The highest BCUT2D eigenvalue weighted by molar-refractivity contribution is 5.90. The Balaban J connectivity index is 2.03. The highest BCUT2D eigenvalue weighted by atomic mass is 16.5. The Bertz CT molecular complexity index is 736. The van der Waals surface area contributed by atoms with Crippen molar-refractivity contribution in [3.63, 3.8) is 0 Å². The molecule has 0 N–H and O–H groups in total. The van der Waals surface area contributed by atoms with Gasteiger partial charge >= 0.3 is 11.9 Å². The fraction of sp³-hybridized carbons (Fsp3) is 0.300. The molecule has 2 aromatic carbocycles. The molecule has 0 aromatic heterocycles. The summed E-state index contributed by atoms with van der Waals surface area (Å²) in [6.07, 6.45) is -0.168. The van der Waals surface area contributed by atoms with E-state index in [1.54, 1.807) is 63.2 Å². The zero-order chi connectivity index (χ0) is 18.2. The molecule has 0 saturated heterocycles. The lowest BCUT2D eigenvalue weighted by Crippen LogP contribution is -2.12. The molecule has 0 amide bonds. The number of hydrogen-bond acceptors (Lipinski definition) is 5. The van der Waals surface area contributed by atoms with E-state index in [9.17, 15) is 9.59 Å². The third kappa shape index (κ3) is 5.64. The highest BCUT2D eigenvalue weighted by Crippen LogP contribution is 2.17. The van der Waals surface area contributed by atoms with Crippen LogP contribution in [0.25, 0.3) is 0 Å². The summed E-state index contributed by atoms with van der Waals surface area (Å²) >= 11 is 0. The van der Waals surface area contributed by atoms with Crippen molar-refractivity contribution >= 4 is 11.9 Å². The van der Waals surface area contributed by atoms with E-state index in [-0.39, 0.29) is 24.6 Å². The first-order chi connectivity index (χ1) is 12.0. The fourth-order valence-corrected chi connectivity index (χ4v) is 2.16. The van der Waals surface area contributed by atoms with Gasteiger partial charge < -0.3 is 14.2 Å². The van der Waals surface area contributed by atoms with Crippen molar-refractivity contribution < 1.29 is 23.8 Å². The Labute approximate surface area is 147 Å². The van der Waals surface area contributed by atoms with E-state index in [4.69, 9.17) is 14.2 Å². The molecular formula is C20H22O5. The van der Waals surface area contributed by atoms with Crippen molar-refractivity contribution in [3.8, 4) is 5.75 Å². The normalized spacial score (nSPS) is 10.4. The molecule has 5 heteroatoms.